The first-order valence-electron chi connectivity index (χ1n) is 6.47. The Morgan fingerprint density at radius 1 is 1.47 bits per heavy atom. The molecule has 2 rings (SSSR count). The second-order valence-corrected chi connectivity index (χ2v) is 6.12. The Kier molecular flexibility index (Phi) is 3.77. The zero-order valence-corrected chi connectivity index (χ0v) is 12.3. The van der Waals surface area contributed by atoms with Gasteiger partial charge in [-0.3, -0.25) is 4.79 Å². The van der Waals surface area contributed by atoms with Gasteiger partial charge in [0.05, 0.1) is 17.5 Å². The summed E-state index contributed by atoms with van der Waals surface area (Å²) in [6.07, 6.45) is 3.51. The first-order valence-corrected chi connectivity index (χ1v) is 6.85. The maximum Gasteiger partial charge on any atom is 0.309 e. The fourth-order valence-corrected chi connectivity index (χ4v) is 3.05. The minimum absolute atomic E-state index is 0.415. The summed E-state index contributed by atoms with van der Waals surface area (Å²) < 4.78 is 5.40. The Balaban J connectivity index is 2.46. The van der Waals surface area contributed by atoms with E-state index >= 15 is 0 Å². The average molecular weight is 283 g/mol. The molecule has 0 fully saturated rings. The third-order valence-electron chi connectivity index (χ3n) is 3.78. The van der Waals surface area contributed by atoms with Crippen molar-refractivity contribution in [2.24, 2.45) is 5.41 Å². The number of carboxylic acids is 1. The highest BCUT2D eigenvalue weighted by Gasteiger charge is 2.30. The summed E-state index contributed by atoms with van der Waals surface area (Å²) >= 11 is 6.40. The molecule has 1 aromatic carbocycles. The van der Waals surface area contributed by atoms with Crippen molar-refractivity contribution in [1.82, 2.24) is 0 Å². The summed E-state index contributed by atoms with van der Waals surface area (Å²) in [4.78, 5) is 11.3. The molecule has 0 unspecified atom stereocenters. The van der Waals surface area contributed by atoms with Gasteiger partial charge < -0.3 is 9.84 Å². The summed E-state index contributed by atoms with van der Waals surface area (Å²) in [5, 5.41) is 9.92. The molecule has 1 aromatic rings. The van der Waals surface area contributed by atoms with Crippen LogP contribution in [0.5, 0.6) is 5.75 Å². The molecule has 1 aliphatic carbocycles. The minimum Gasteiger partial charge on any atom is -0.495 e. The summed E-state index contributed by atoms with van der Waals surface area (Å²) in [5.74, 6) is -0.178. The lowest BCUT2D eigenvalue weighted by atomic mass is 9.84. The summed E-state index contributed by atoms with van der Waals surface area (Å²) in [7, 11) is 1.58. The maximum atomic E-state index is 11.3. The standard InChI is InChI=1S/C15H19ClO3/c1-15(2,14(17)18)8-10-7-9-5-4-6-11(9)12(16)13(10)19-3/h7H,4-6,8H2,1-3H3,(H,17,18). The molecule has 0 bridgehead atoms. The van der Waals surface area contributed by atoms with Crippen LogP contribution in [0.1, 0.15) is 37.0 Å². The molecule has 0 aliphatic heterocycles. The number of hydrogen-bond acceptors (Lipinski definition) is 2. The Labute approximate surface area is 118 Å². The van der Waals surface area contributed by atoms with Crippen LogP contribution in [0.3, 0.4) is 0 Å². The molecule has 0 atom stereocenters. The number of aryl methyl sites for hydroxylation is 1. The van der Waals surface area contributed by atoms with Gasteiger partial charge in [-0.25, -0.2) is 0 Å². The Hall–Kier alpha value is -1.22. The molecule has 104 valence electrons. The van der Waals surface area contributed by atoms with Crippen LogP contribution in [0.4, 0.5) is 0 Å². The number of methoxy groups -OCH3 is 1. The van der Waals surface area contributed by atoms with E-state index in [0.717, 1.165) is 30.4 Å². The highest BCUT2D eigenvalue weighted by Crippen LogP contribution is 2.41. The Bertz CT molecular complexity index is 521. The van der Waals surface area contributed by atoms with Crippen molar-refractivity contribution in [3.8, 4) is 5.75 Å². The highest BCUT2D eigenvalue weighted by molar-refractivity contribution is 6.33. The lowest BCUT2D eigenvalue weighted by Crippen LogP contribution is -2.26. The summed E-state index contributed by atoms with van der Waals surface area (Å²) in [6, 6.07) is 2.07. The molecule has 1 aliphatic rings. The normalized spacial score (nSPS) is 14.3. The van der Waals surface area contributed by atoms with Gasteiger partial charge in [-0.2, -0.15) is 0 Å². The van der Waals surface area contributed by atoms with E-state index in [1.54, 1.807) is 21.0 Å². The molecular formula is C15H19ClO3. The Morgan fingerprint density at radius 2 is 2.16 bits per heavy atom. The van der Waals surface area contributed by atoms with E-state index in [-0.39, 0.29) is 0 Å². The zero-order chi connectivity index (χ0) is 14.2. The van der Waals surface area contributed by atoms with Crippen LogP contribution in [0.15, 0.2) is 6.07 Å². The molecule has 4 heteroatoms. The minimum atomic E-state index is -0.830. The van der Waals surface area contributed by atoms with Crippen LogP contribution in [0.25, 0.3) is 0 Å². The molecule has 0 aromatic heterocycles. The molecule has 0 heterocycles. The molecule has 0 amide bonds. The van der Waals surface area contributed by atoms with E-state index < -0.39 is 11.4 Å². The van der Waals surface area contributed by atoms with Crippen molar-refractivity contribution in [2.45, 2.75) is 39.5 Å². The van der Waals surface area contributed by atoms with Gasteiger partial charge >= 0.3 is 5.97 Å². The predicted octanol–water partition coefficient (Wildman–Crippen LogP) is 3.49. The van der Waals surface area contributed by atoms with Gasteiger partial charge in [0.25, 0.3) is 0 Å². The summed E-state index contributed by atoms with van der Waals surface area (Å²) in [5.41, 5.74) is 2.46. The van der Waals surface area contributed by atoms with E-state index in [1.165, 1.54) is 5.56 Å². The van der Waals surface area contributed by atoms with Gasteiger partial charge in [-0.05, 0) is 56.2 Å². The van der Waals surface area contributed by atoms with Gasteiger partial charge in [0.1, 0.15) is 5.75 Å². The van der Waals surface area contributed by atoms with Gasteiger partial charge in [-0.1, -0.05) is 17.7 Å². The van der Waals surface area contributed by atoms with Crippen molar-refractivity contribution in [1.29, 1.82) is 0 Å². The van der Waals surface area contributed by atoms with Gasteiger partial charge in [0.15, 0.2) is 0 Å². The fraction of sp³-hybridized carbons (Fsp3) is 0.533. The number of halogens is 1. The maximum absolute atomic E-state index is 11.3. The summed E-state index contributed by atoms with van der Waals surface area (Å²) in [6.45, 7) is 3.44. The smallest absolute Gasteiger partial charge is 0.309 e. The van der Waals surface area contributed by atoms with Crippen molar-refractivity contribution < 1.29 is 14.6 Å². The number of rotatable bonds is 4. The molecule has 19 heavy (non-hydrogen) atoms. The van der Waals surface area contributed by atoms with E-state index in [4.69, 9.17) is 16.3 Å². The molecular weight excluding hydrogens is 264 g/mol. The highest BCUT2D eigenvalue weighted by atomic mass is 35.5. The van der Waals surface area contributed by atoms with E-state index in [0.29, 0.717) is 17.2 Å². The van der Waals surface area contributed by atoms with E-state index in [9.17, 15) is 9.90 Å². The van der Waals surface area contributed by atoms with Crippen LogP contribution in [0, 0.1) is 5.41 Å². The molecule has 0 spiro atoms. The lowest BCUT2D eigenvalue weighted by Gasteiger charge is -2.22. The molecule has 3 nitrogen and oxygen atoms in total. The quantitative estimate of drug-likeness (QED) is 0.919. The van der Waals surface area contributed by atoms with Crippen molar-refractivity contribution in [3.05, 3.63) is 27.8 Å². The zero-order valence-electron chi connectivity index (χ0n) is 11.5. The lowest BCUT2D eigenvalue weighted by molar-refractivity contribution is -0.146. The average Bonchev–Trinajstić information content (AvgIpc) is 2.77. The first kappa shape index (κ1) is 14.2. The number of ether oxygens (including phenoxy) is 1. The second-order valence-electron chi connectivity index (χ2n) is 5.74. The topological polar surface area (TPSA) is 46.5 Å². The van der Waals surface area contributed by atoms with Crippen LogP contribution in [-0.2, 0) is 24.1 Å². The number of carboxylic acid groups (broad SMARTS) is 1. The van der Waals surface area contributed by atoms with Crippen molar-refractivity contribution in [3.63, 3.8) is 0 Å². The van der Waals surface area contributed by atoms with Crippen molar-refractivity contribution in [2.75, 3.05) is 7.11 Å². The molecule has 0 radical (unpaired) electrons. The van der Waals surface area contributed by atoms with Crippen LogP contribution in [-0.4, -0.2) is 18.2 Å². The number of fused-ring (bicyclic) bond motifs is 1. The second kappa shape index (κ2) is 5.04. The first-order chi connectivity index (χ1) is 8.86. The van der Waals surface area contributed by atoms with Crippen LogP contribution in [0.2, 0.25) is 5.02 Å². The van der Waals surface area contributed by atoms with Gasteiger partial charge in [-0.15, -0.1) is 0 Å². The molecule has 1 N–H and O–H groups in total. The van der Waals surface area contributed by atoms with E-state index in [2.05, 4.69) is 6.07 Å². The fourth-order valence-electron chi connectivity index (χ4n) is 2.63. The third kappa shape index (κ3) is 2.57. The van der Waals surface area contributed by atoms with Gasteiger partial charge in [0, 0.05) is 0 Å². The van der Waals surface area contributed by atoms with Crippen LogP contribution >= 0.6 is 11.6 Å². The number of benzene rings is 1. The third-order valence-corrected chi connectivity index (χ3v) is 4.18. The number of carbonyl (C=O) groups is 1. The predicted molar refractivity (Wildman–Crippen MR) is 75.1 cm³/mol. The number of aliphatic carboxylic acids is 1. The SMILES string of the molecule is COc1c(CC(C)(C)C(=O)O)cc2c(c1Cl)CCC2. The largest absolute Gasteiger partial charge is 0.495 e. The van der Waals surface area contributed by atoms with Gasteiger partial charge in [0.2, 0.25) is 0 Å². The van der Waals surface area contributed by atoms with Crippen LogP contribution < -0.4 is 4.74 Å². The molecule has 0 saturated carbocycles. The Morgan fingerprint density at radius 3 is 2.74 bits per heavy atom. The molecule has 0 saturated heterocycles. The van der Waals surface area contributed by atoms with E-state index in [1.807, 2.05) is 0 Å². The monoisotopic (exact) mass is 282 g/mol. The van der Waals surface area contributed by atoms with Crippen molar-refractivity contribution >= 4 is 17.6 Å². The number of hydrogen-bond donors (Lipinski definition) is 1.